The van der Waals surface area contributed by atoms with Gasteiger partial charge in [-0.25, -0.2) is 9.00 Å². The first kappa shape index (κ1) is 12.6. The monoisotopic (exact) mass is 245 g/mol. The van der Waals surface area contributed by atoms with Crippen molar-refractivity contribution < 1.29 is 23.4 Å². The first-order valence-electron chi connectivity index (χ1n) is 4.30. The van der Waals surface area contributed by atoms with Crippen LogP contribution in [0.3, 0.4) is 0 Å². The Hall–Kier alpha value is -1.44. The van der Waals surface area contributed by atoms with Crippen LogP contribution in [0, 0.1) is 0 Å². The van der Waals surface area contributed by atoms with Gasteiger partial charge in [-0.05, 0) is 17.7 Å². The van der Waals surface area contributed by atoms with E-state index in [-0.39, 0.29) is 0 Å². The first-order chi connectivity index (χ1) is 7.50. The fourth-order valence-corrected chi connectivity index (χ4v) is 1.41. The molecule has 6 nitrogen and oxygen atoms in total. The van der Waals surface area contributed by atoms with Crippen LogP contribution in [0.2, 0.25) is 0 Å². The van der Waals surface area contributed by atoms with Gasteiger partial charge < -0.3 is 20.1 Å². The predicted molar refractivity (Wildman–Crippen MR) is 57.3 cm³/mol. The highest BCUT2D eigenvalue weighted by Gasteiger charge is 2.11. The molecule has 1 rings (SSSR count). The largest absolute Gasteiger partial charge is 0.482 e. The Bertz CT molecular complexity index is 391. The minimum Gasteiger partial charge on any atom is -0.482 e. The minimum absolute atomic E-state index is 0.363. The van der Waals surface area contributed by atoms with E-state index >= 15 is 0 Å². The van der Waals surface area contributed by atoms with E-state index in [0.29, 0.717) is 11.3 Å². The number of carboxylic acid groups (broad SMARTS) is 1. The van der Waals surface area contributed by atoms with Crippen LogP contribution < -0.4 is 10.5 Å². The average Bonchev–Trinajstić information content (AvgIpc) is 2.26. The van der Waals surface area contributed by atoms with Gasteiger partial charge in [-0.3, -0.25) is 0 Å². The summed E-state index contributed by atoms with van der Waals surface area (Å²) in [5.41, 5.74) is 5.90. The second kappa shape index (κ2) is 5.59. The van der Waals surface area contributed by atoms with E-state index in [1.807, 2.05) is 0 Å². The Morgan fingerprint density at radius 1 is 1.44 bits per heavy atom. The van der Waals surface area contributed by atoms with Crippen LogP contribution >= 0.6 is 0 Å². The Kier molecular flexibility index (Phi) is 4.41. The summed E-state index contributed by atoms with van der Waals surface area (Å²) in [6.07, 6.45) is 0. The molecule has 7 heteroatoms. The van der Waals surface area contributed by atoms with E-state index in [2.05, 4.69) is 0 Å². The van der Waals surface area contributed by atoms with E-state index in [4.69, 9.17) is 20.1 Å². The standard InChI is InChI=1S/C9H11NO5S/c10-9(16(13)14)6-1-3-7(4-2-6)15-5-8(11)12/h1-4,9H,5,10H2,(H,11,12)(H,13,14). The van der Waals surface area contributed by atoms with Gasteiger partial charge in [0.05, 0.1) is 0 Å². The number of rotatable bonds is 5. The van der Waals surface area contributed by atoms with E-state index in [1.54, 1.807) is 0 Å². The van der Waals surface area contributed by atoms with E-state index < -0.39 is 29.0 Å². The number of carboxylic acids is 1. The van der Waals surface area contributed by atoms with Crippen molar-refractivity contribution in [3.8, 4) is 5.75 Å². The fraction of sp³-hybridized carbons (Fsp3) is 0.222. The highest BCUT2D eigenvalue weighted by Crippen LogP contribution is 2.17. The maximum absolute atomic E-state index is 10.7. The van der Waals surface area contributed by atoms with Gasteiger partial charge in [0.25, 0.3) is 0 Å². The quantitative estimate of drug-likeness (QED) is 0.645. The molecule has 1 aromatic carbocycles. The molecule has 0 amide bonds. The predicted octanol–water partition coefficient (Wildman–Crippen LogP) is 0.329. The fourth-order valence-electron chi connectivity index (χ4n) is 1.02. The molecular weight excluding hydrogens is 234 g/mol. The topological polar surface area (TPSA) is 110 Å². The zero-order valence-electron chi connectivity index (χ0n) is 8.20. The van der Waals surface area contributed by atoms with Crippen molar-refractivity contribution >= 4 is 17.0 Å². The summed E-state index contributed by atoms with van der Waals surface area (Å²) in [7, 11) is 0. The molecule has 0 saturated heterocycles. The molecule has 2 unspecified atom stereocenters. The first-order valence-corrected chi connectivity index (χ1v) is 5.47. The third-order valence-corrected chi connectivity index (χ3v) is 2.49. The number of ether oxygens (including phenoxy) is 1. The second-order valence-electron chi connectivity index (χ2n) is 2.95. The maximum Gasteiger partial charge on any atom is 0.341 e. The molecule has 0 saturated carbocycles. The summed E-state index contributed by atoms with van der Waals surface area (Å²) in [5, 5.41) is 7.39. The molecule has 0 fully saturated rings. The van der Waals surface area contributed by atoms with Crippen LogP contribution in [0.4, 0.5) is 0 Å². The van der Waals surface area contributed by atoms with E-state index in [9.17, 15) is 9.00 Å². The summed E-state index contributed by atoms with van der Waals surface area (Å²) < 4.78 is 24.3. The molecule has 2 atom stereocenters. The lowest BCUT2D eigenvalue weighted by molar-refractivity contribution is -0.139. The van der Waals surface area contributed by atoms with Crippen LogP contribution in [0.1, 0.15) is 10.9 Å². The summed E-state index contributed by atoms with van der Waals surface area (Å²) in [5.74, 6) is -0.709. The lowest BCUT2D eigenvalue weighted by Gasteiger charge is -2.08. The second-order valence-corrected chi connectivity index (χ2v) is 4.01. The summed E-state index contributed by atoms with van der Waals surface area (Å²) in [4.78, 5) is 10.2. The number of hydrogen-bond donors (Lipinski definition) is 3. The molecule has 4 N–H and O–H groups in total. The van der Waals surface area contributed by atoms with Crippen molar-refractivity contribution in [3.05, 3.63) is 29.8 Å². The Morgan fingerprint density at radius 2 is 2.00 bits per heavy atom. The van der Waals surface area contributed by atoms with E-state index in [0.717, 1.165) is 0 Å². The molecule has 0 radical (unpaired) electrons. The molecule has 0 aliphatic rings. The van der Waals surface area contributed by atoms with E-state index in [1.165, 1.54) is 24.3 Å². The van der Waals surface area contributed by atoms with Gasteiger partial charge in [0.2, 0.25) is 0 Å². The molecule has 0 heterocycles. The Morgan fingerprint density at radius 3 is 2.44 bits per heavy atom. The van der Waals surface area contributed by atoms with Crippen LogP contribution in [-0.4, -0.2) is 26.4 Å². The molecule has 0 aromatic heterocycles. The third-order valence-electron chi connectivity index (χ3n) is 1.79. The van der Waals surface area contributed by atoms with Gasteiger partial charge in [0, 0.05) is 0 Å². The van der Waals surface area contributed by atoms with Crippen LogP contribution in [0.5, 0.6) is 5.75 Å². The number of carbonyl (C=O) groups is 1. The maximum atomic E-state index is 10.7. The summed E-state index contributed by atoms with van der Waals surface area (Å²) >= 11 is -2.14. The summed E-state index contributed by atoms with van der Waals surface area (Å²) in [6.45, 7) is -0.433. The van der Waals surface area contributed by atoms with Crippen LogP contribution in [-0.2, 0) is 15.9 Å². The van der Waals surface area contributed by atoms with Crippen molar-refractivity contribution in [2.24, 2.45) is 5.73 Å². The lowest BCUT2D eigenvalue weighted by atomic mass is 10.2. The third kappa shape index (κ3) is 3.61. The van der Waals surface area contributed by atoms with Crippen LogP contribution in [0.15, 0.2) is 24.3 Å². The van der Waals surface area contributed by atoms with Crippen molar-refractivity contribution in [1.82, 2.24) is 0 Å². The molecule has 0 spiro atoms. The SMILES string of the molecule is NC(c1ccc(OCC(=O)O)cc1)S(=O)O. The average molecular weight is 245 g/mol. The summed E-state index contributed by atoms with van der Waals surface area (Å²) in [6, 6.07) is 6.00. The van der Waals surface area contributed by atoms with Crippen molar-refractivity contribution in [2.45, 2.75) is 5.37 Å². The van der Waals surface area contributed by atoms with Crippen LogP contribution in [0.25, 0.3) is 0 Å². The highest BCUT2D eigenvalue weighted by atomic mass is 32.2. The molecule has 0 aliphatic heterocycles. The van der Waals surface area contributed by atoms with Crippen molar-refractivity contribution in [1.29, 1.82) is 0 Å². The normalized spacial score (nSPS) is 14.1. The molecule has 0 bridgehead atoms. The molecule has 0 aliphatic carbocycles. The Balaban J connectivity index is 2.67. The Labute approximate surface area is 94.3 Å². The smallest absolute Gasteiger partial charge is 0.341 e. The number of nitrogens with two attached hydrogens (primary N) is 1. The highest BCUT2D eigenvalue weighted by molar-refractivity contribution is 7.79. The van der Waals surface area contributed by atoms with Gasteiger partial charge in [-0.1, -0.05) is 12.1 Å². The zero-order valence-corrected chi connectivity index (χ0v) is 9.02. The van der Waals surface area contributed by atoms with Gasteiger partial charge in [-0.15, -0.1) is 0 Å². The number of benzene rings is 1. The lowest BCUT2D eigenvalue weighted by Crippen LogP contribution is -2.15. The van der Waals surface area contributed by atoms with Gasteiger partial charge in [0.15, 0.2) is 17.7 Å². The van der Waals surface area contributed by atoms with Crippen molar-refractivity contribution in [3.63, 3.8) is 0 Å². The zero-order chi connectivity index (χ0) is 12.1. The van der Waals surface area contributed by atoms with Gasteiger partial charge >= 0.3 is 5.97 Å². The minimum atomic E-state index is -2.14. The van der Waals surface area contributed by atoms with Crippen molar-refractivity contribution in [2.75, 3.05) is 6.61 Å². The van der Waals surface area contributed by atoms with Gasteiger partial charge in [-0.2, -0.15) is 0 Å². The number of hydrogen-bond acceptors (Lipinski definition) is 4. The molecule has 16 heavy (non-hydrogen) atoms. The molecule has 88 valence electrons. The number of aliphatic carboxylic acids is 1. The molecular formula is C9H11NO5S. The van der Waals surface area contributed by atoms with Gasteiger partial charge in [0.1, 0.15) is 11.1 Å². The molecule has 1 aromatic rings.